The smallest absolute Gasteiger partial charge is 0.229 e. The number of halogens is 1. The van der Waals surface area contributed by atoms with E-state index in [1.54, 1.807) is 19.3 Å². The van der Waals surface area contributed by atoms with Crippen molar-refractivity contribution >= 4 is 34.3 Å². The number of benzene rings is 1. The fraction of sp³-hybridized carbons (Fsp3) is 0.0714. The molecule has 0 unspecified atom stereocenters. The highest BCUT2D eigenvalue weighted by Gasteiger charge is 2.10. The van der Waals surface area contributed by atoms with E-state index in [-0.39, 0.29) is 0 Å². The fourth-order valence-corrected chi connectivity index (χ4v) is 2.37. The van der Waals surface area contributed by atoms with Crippen LogP contribution in [0.2, 0.25) is 5.02 Å². The van der Waals surface area contributed by atoms with Crippen LogP contribution in [0.25, 0.3) is 22.6 Å². The van der Waals surface area contributed by atoms with Gasteiger partial charge in [0.15, 0.2) is 0 Å². The zero-order valence-electron chi connectivity index (χ0n) is 12.0. The summed E-state index contributed by atoms with van der Waals surface area (Å²) >= 11 is 5.97. The third kappa shape index (κ3) is 2.71. The summed E-state index contributed by atoms with van der Waals surface area (Å²) in [6, 6.07) is 9.24. The number of rotatable bonds is 3. The van der Waals surface area contributed by atoms with Crippen molar-refractivity contribution in [1.29, 1.82) is 0 Å². The van der Waals surface area contributed by atoms with Gasteiger partial charge in [-0.3, -0.25) is 0 Å². The Kier molecular flexibility index (Phi) is 3.16. The van der Waals surface area contributed by atoms with E-state index in [2.05, 4.69) is 35.7 Å². The molecule has 4 rings (SSSR count). The van der Waals surface area contributed by atoms with Crippen molar-refractivity contribution in [2.75, 3.05) is 5.32 Å². The van der Waals surface area contributed by atoms with E-state index in [1.165, 1.54) is 4.80 Å². The maximum absolute atomic E-state index is 5.97. The van der Waals surface area contributed by atoms with Gasteiger partial charge in [0.1, 0.15) is 5.65 Å². The van der Waals surface area contributed by atoms with Crippen LogP contribution in [0.15, 0.2) is 36.5 Å². The Morgan fingerprint density at radius 3 is 2.96 bits per heavy atom. The molecule has 3 aromatic heterocycles. The molecule has 0 aliphatic rings. The predicted molar refractivity (Wildman–Crippen MR) is 86.4 cm³/mol. The van der Waals surface area contributed by atoms with Crippen LogP contribution in [-0.4, -0.2) is 35.2 Å². The summed E-state index contributed by atoms with van der Waals surface area (Å²) in [6.45, 7) is 0. The van der Waals surface area contributed by atoms with E-state index < -0.39 is 0 Å². The van der Waals surface area contributed by atoms with E-state index in [9.17, 15) is 0 Å². The summed E-state index contributed by atoms with van der Waals surface area (Å²) < 4.78 is 0. The van der Waals surface area contributed by atoms with E-state index >= 15 is 0 Å². The quantitative estimate of drug-likeness (QED) is 0.600. The number of aryl methyl sites for hydroxylation is 1. The Balaban J connectivity index is 1.68. The van der Waals surface area contributed by atoms with Gasteiger partial charge in [0.2, 0.25) is 11.8 Å². The second-order valence-electron chi connectivity index (χ2n) is 4.92. The second kappa shape index (κ2) is 5.33. The van der Waals surface area contributed by atoms with E-state index in [0.29, 0.717) is 22.4 Å². The van der Waals surface area contributed by atoms with Gasteiger partial charge in [0.25, 0.3) is 0 Å². The Hall–Kier alpha value is -3.00. The number of nitrogens with zero attached hydrogens (tertiary/aromatic N) is 6. The lowest BCUT2D eigenvalue weighted by Gasteiger charge is -2.04. The molecule has 0 amide bonds. The number of H-pyrrole nitrogens is 1. The molecule has 23 heavy (non-hydrogen) atoms. The Labute approximate surface area is 135 Å². The van der Waals surface area contributed by atoms with Crippen molar-refractivity contribution in [2.24, 2.45) is 7.05 Å². The van der Waals surface area contributed by atoms with E-state index in [1.807, 2.05) is 24.3 Å². The number of hydrogen-bond donors (Lipinski definition) is 2. The van der Waals surface area contributed by atoms with Crippen LogP contribution in [0.5, 0.6) is 0 Å². The van der Waals surface area contributed by atoms with Gasteiger partial charge in [0, 0.05) is 22.3 Å². The minimum absolute atomic E-state index is 0.472. The first kappa shape index (κ1) is 13.6. The highest BCUT2D eigenvalue weighted by Crippen LogP contribution is 2.22. The fourth-order valence-electron chi connectivity index (χ4n) is 2.18. The van der Waals surface area contributed by atoms with Crippen molar-refractivity contribution in [3.63, 3.8) is 0 Å². The van der Waals surface area contributed by atoms with Gasteiger partial charge in [0.05, 0.1) is 12.7 Å². The summed E-state index contributed by atoms with van der Waals surface area (Å²) in [5, 5.41) is 16.6. The predicted octanol–water partition coefficient (Wildman–Crippen LogP) is 2.55. The van der Waals surface area contributed by atoms with Crippen molar-refractivity contribution in [3.05, 3.63) is 41.6 Å². The molecule has 2 N–H and O–H groups in total. The van der Waals surface area contributed by atoms with Crippen LogP contribution in [-0.2, 0) is 7.05 Å². The van der Waals surface area contributed by atoms with Gasteiger partial charge >= 0.3 is 0 Å². The molecule has 0 aliphatic heterocycles. The molecule has 0 fully saturated rings. The van der Waals surface area contributed by atoms with Gasteiger partial charge in [-0.1, -0.05) is 17.7 Å². The molecule has 0 saturated carbocycles. The summed E-state index contributed by atoms with van der Waals surface area (Å²) in [4.78, 5) is 13.3. The van der Waals surface area contributed by atoms with E-state index in [4.69, 9.17) is 11.6 Å². The lowest BCUT2D eigenvalue weighted by Crippen LogP contribution is -1.96. The van der Waals surface area contributed by atoms with Crippen LogP contribution in [0.1, 0.15) is 0 Å². The Bertz CT molecular complexity index is 989. The van der Waals surface area contributed by atoms with Gasteiger partial charge < -0.3 is 10.3 Å². The molecule has 0 aliphatic carbocycles. The van der Waals surface area contributed by atoms with Crippen LogP contribution in [0.3, 0.4) is 0 Å². The van der Waals surface area contributed by atoms with Gasteiger partial charge in [-0.2, -0.15) is 9.78 Å². The lowest BCUT2D eigenvalue weighted by atomic mass is 10.3. The molecule has 9 heteroatoms. The summed E-state index contributed by atoms with van der Waals surface area (Å²) in [6.07, 6.45) is 1.73. The first-order valence-corrected chi connectivity index (χ1v) is 7.18. The molecule has 0 radical (unpaired) electrons. The first-order valence-electron chi connectivity index (χ1n) is 6.80. The monoisotopic (exact) mass is 326 g/mol. The van der Waals surface area contributed by atoms with E-state index in [0.717, 1.165) is 16.8 Å². The molecule has 3 heterocycles. The lowest BCUT2D eigenvalue weighted by molar-refractivity contribution is 0.630. The number of tetrazole rings is 1. The summed E-state index contributed by atoms with van der Waals surface area (Å²) in [5.74, 6) is 0.982. The van der Waals surface area contributed by atoms with Gasteiger partial charge in [-0.25, -0.2) is 4.98 Å². The topological polar surface area (TPSA) is 97.2 Å². The van der Waals surface area contributed by atoms with Crippen molar-refractivity contribution in [2.45, 2.75) is 0 Å². The highest BCUT2D eigenvalue weighted by atomic mass is 35.5. The summed E-state index contributed by atoms with van der Waals surface area (Å²) in [5.41, 5.74) is 2.24. The zero-order valence-corrected chi connectivity index (χ0v) is 12.8. The average Bonchev–Trinajstić information content (AvgIpc) is 3.12. The number of fused-ring (bicyclic) bond motifs is 1. The molecule has 114 valence electrons. The normalized spacial score (nSPS) is 11.0. The second-order valence-corrected chi connectivity index (χ2v) is 5.35. The highest BCUT2D eigenvalue weighted by molar-refractivity contribution is 6.30. The zero-order chi connectivity index (χ0) is 15.8. The van der Waals surface area contributed by atoms with Gasteiger partial charge in [-0.15, -0.1) is 10.2 Å². The third-order valence-electron chi connectivity index (χ3n) is 3.20. The first-order chi connectivity index (χ1) is 11.2. The SMILES string of the molecule is Cn1nnc(-c2cc3cnc(Nc4cccc(Cl)c4)nc3[nH]2)n1. The molecular formula is C14H11ClN8. The number of nitrogens with one attached hydrogen (secondary N) is 2. The molecule has 8 nitrogen and oxygen atoms in total. The minimum Gasteiger partial charge on any atom is -0.336 e. The molecule has 0 spiro atoms. The maximum atomic E-state index is 5.97. The van der Waals surface area contributed by atoms with Crippen LogP contribution >= 0.6 is 11.6 Å². The number of aromatic nitrogens is 7. The number of hydrogen-bond acceptors (Lipinski definition) is 6. The molecule has 4 aromatic rings. The minimum atomic E-state index is 0.472. The van der Waals surface area contributed by atoms with Crippen LogP contribution < -0.4 is 5.32 Å². The Morgan fingerprint density at radius 2 is 2.17 bits per heavy atom. The van der Waals surface area contributed by atoms with Crippen LogP contribution in [0, 0.1) is 0 Å². The third-order valence-corrected chi connectivity index (χ3v) is 3.44. The summed E-state index contributed by atoms with van der Waals surface area (Å²) in [7, 11) is 1.71. The molecule has 0 saturated heterocycles. The molecular weight excluding hydrogens is 316 g/mol. The van der Waals surface area contributed by atoms with Crippen molar-refractivity contribution in [3.8, 4) is 11.5 Å². The maximum Gasteiger partial charge on any atom is 0.229 e. The largest absolute Gasteiger partial charge is 0.336 e. The average molecular weight is 327 g/mol. The number of aromatic amines is 1. The molecule has 0 atom stereocenters. The Morgan fingerprint density at radius 1 is 1.26 bits per heavy atom. The standard InChI is InChI=1S/C14H11ClN8/c1-23-21-13(20-22-23)11-5-8-7-16-14(19-12(8)18-11)17-10-4-2-3-9(15)6-10/h2-7H,1H3,(H2,16,17,18,19). The molecule has 1 aromatic carbocycles. The van der Waals surface area contributed by atoms with Crippen LogP contribution in [0.4, 0.5) is 11.6 Å². The van der Waals surface area contributed by atoms with Crippen molar-refractivity contribution in [1.82, 2.24) is 35.2 Å². The molecule has 0 bridgehead atoms. The van der Waals surface area contributed by atoms with Gasteiger partial charge in [-0.05, 0) is 29.5 Å². The number of anilines is 2. The van der Waals surface area contributed by atoms with Crippen molar-refractivity contribution < 1.29 is 0 Å².